The summed E-state index contributed by atoms with van der Waals surface area (Å²) in [6.45, 7) is 4.60. The maximum absolute atomic E-state index is 13.3. The van der Waals surface area contributed by atoms with Crippen LogP contribution in [-0.4, -0.2) is 43.0 Å². The molecule has 0 saturated carbocycles. The van der Waals surface area contributed by atoms with Gasteiger partial charge >= 0.3 is 0 Å². The van der Waals surface area contributed by atoms with Crippen molar-refractivity contribution in [2.45, 2.75) is 6.54 Å². The zero-order valence-corrected chi connectivity index (χ0v) is 15.5. The molecule has 0 unspecified atom stereocenters. The maximum Gasteiger partial charge on any atom is 0.231 e. The van der Waals surface area contributed by atoms with Crippen LogP contribution in [0, 0.1) is 11.6 Å². The molecule has 0 aliphatic carbocycles. The molecule has 2 heterocycles. The molecule has 2 aliphatic heterocycles. The first-order valence-electron chi connectivity index (χ1n) is 8.81. The van der Waals surface area contributed by atoms with Crippen molar-refractivity contribution in [3.8, 4) is 11.5 Å². The minimum Gasteiger partial charge on any atom is -0.454 e. The van der Waals surface area contributed by atoms with Crippen LogP contribution >= 0.6 is 12.2 Å². The van der Waals surface area contributed by atoms with E-state index in [1.807, 2.05) is 17.0 Å². The number of nitrogens with zero attached hydrogens (tertiary/aromatic N) is 1. The number of fused-ring (bicyclic) bond motifs is 1. The summed E-state index contributed by atoms with van der Waals surface area (Å²) in [6, 6.07) is 9.36. The fourth-order valence-corrected chi connectivity index (χ4v) is 3.67. The van der Waals surface area contributed by atoms with Gasteiger partial charge < -0.3 is 24.6 Å². The van der Waals surface area contributed by atoms with Crippen molar-refractivity contribution < 1.29 is 23.2 Å². The third-order valence-electron chi connectivity index (χ3n) is 4.76. The smallest absolute Gasteiger partial charge is 0.231 e. The van der Waals surface area contributed by atoms with Gasteiger partial charge in [-0.1, -0.05) is 0 Å². The number of nitrogens with one attached hydrogen (secondary N) is 2. The standard InChI is InChI=1S/C19H19F2N3O2S/c20-14-8-15(21)10-16(9-14)22-19(27)24-5-3-23(4-6-24)11-13-1-2-17-18(7-13)26-12-25-17/h1-2,7-10H,3-6,11-12H2,(H,22,27)/p+1. The summed E-state index contributed by atoms with van der Waals surface area (Å²) in [7, 11) is 0. The fraction of sp³-hybridized carbons (Fsp3) is 0.316. The Morgan fingerprint density at radius 3 is 2.48 bits per heavy atom. The van der Waals surface area contributed by atoms with E-state index < -0.39 is 11.6 Å². The first kappa shape index (κ1) is 17.9. The van der Waals surface area contributed by atoms with E-state index >= 15 is 0 Å². The largest absolute Gasteiger partial charge is 0.454 e. The molecule has 1 fully saturated rings. The van der Waals surface area contributed by atoms with Crippen molar-refractivity contribution in [3.63, 3.8) is 0 Å². The quantitative estimate of drug-likeness (QED) is 0.780. The Hall–Kier alpha value is -2.45. The molecule has 0 aromatic heterocycles. The van der Waals surface area contributed by atoms with E-state index in [9.17, 15) is 8.78 Å². The minimum atomic E-state index is -0.627. The van der Waals surface area contributed by atoms with Gasteiger partial charge in [-0.2, -0.15) is 0 Å². The lowest BCUT2D eigenvalue weighted by Crippen LogP contribution is -3.13. The van der Waals surface area contributed by atoms with E-state index in [0.29, 0.717) is 10.8 Å². The van der Waals surface area contributed by atoms with Crippen molar-refractivity contribution in [1.82, 2.24) is 4.90 Å². The fourth-order valence-electron chi connectivity index (χ4n) is 3.37. The second kappa shape index (κ2) is 7.66. The monoisotopic (exact) mass is 392 g/mol. The number of piperazine rings is 1. The lowest BCUT2D eigenvalue weighted by molar-refractivity contribution is -0.917. The number of hydrogen-bond acceptors (Lipinski definition) is 3. The van der Waals surface area contributed by atoms with Gasteiger partial charge in [0.1, 0.15) is 18.2 Å². The van der Waals surface area contributed by atoms with Gasteiger partial charge in [0, 0.05) is 17.3 Å². The molecule has 2 N–H and O–H groups in total. The summed E-state index contributed by atoms with van der Waals surface area (Å²) in [4.78, 5) is 3.48. The van der Waals surface area contributed by atoms with Crippen molar-refractivity contribution in [2.75, 3.05) is 38.3 Å². The molecule has 0 spiro atoms. The van der Waals surface area contributed by atoms with E-state index in [4.69, 9.17) is 21.7 Å². The van der Waals surface area contributed by atoms with Crippen LogP contribution in [0.2, 0.25) is 0 Å². The Labute approximate surface area is 161 Å². The lowest BCUT2D eigenvalue weighted by atomic mass is 10.1. The van der Waals surface area contributed by atoms with Crippen molar-refractivity contribution in [1.29, 1.82) is 0 Å². The van der Waals surface area contributed by atoms with E-state index in [0.717, 1.165) is 50.3 Å². The highest BCUT2D eigenvalue weighted by atomic mass is 32.1. The Bertz CT molecular complexity index is 837. The van der Waals surface area contributed by atoms with Gasteiger partial charge in [-0.3, -0.25) is 0 Å². The summed E-state index contributed by atoms with van der Waals surface area (Å²) < 4.78 is 37.4. The van der Waals surface area contributed by atoms with Gasteiger partial charge in [-0.15, -0.1) is 0 Å². The molecule has 0 atom stereocenters. The third kappa shape index (κ3) is 4.28. The Morgan fingerprint density at radius 2 is 1.74 bits per heavy atom. The normalized spacial score (nSPS) is 16.4. The Kier molecular flexibility index (Phi) is 5.09. The Balaban J connectivity index is 1.30. The molecule has 1 saturated heterocycles. The predicted molar refractivity (Wildman–Crippen MR) is 101 cm³/mol. The minimum absolute atomic E-state index is 0.282. The first-order valence-corrected chi connectivity index (χ1v) is 9.22. The molecular weight excluding hydrogens is 372 g/mol. The van der Waals surface area contributed by atoms with Crippen molar-refractivity contribution in [2.24, 2.45) is 0 Å². The van der Waals surface area contributed by atoms with Crippen LogP contribution in [0.15, 0.2) is 36.4 Å². The van der Waals surface area contributed by atoms with Crippen molar-refractivity contribution in [3.05, 3.63) is 53.6 Å². The number of quaternary nitrogens is 1. The van der Waals surface area contributed by atoms with E-state index in [1.54, 1.807) is 0 Å². The molecule has 27 heavy (non-hydrogen) atoms. The molecule has 0 radical (unpaired) electrons. The van der Waals surface area contributed by atoms with Crippen LogP contribution in [0.3, 0.4) is 0 Å². The van der Waals surface area contributed by atoms with Crippen LogP contribution in [0.1, 0.15) is 5.56 Å². The SMILES string of the molecule is Fc1cc(F)cc(NC(=S)N2CC[NH+](Cc3ccc4c(c3)OCO4)CC2)c1. The molecule has 0 amide bonds. The number of thiocarbonyl (C=S) groups is 1. The number of hydrogen-bond donors (Lipinski definition) is 2. The van der Waals surface area contributed by atoms with E-state index in [-0.39, 0.29) is 6.79 Å². The molecule has 2 aromatic rings. The number of anilines is 1. The van der Waals surface area contributed by atoms with E-state index in [1.165, 1.54) is 22.6 Å². The Morgan fingerprint density at radius 1 is 1.04 bits per heavy atom. The number of ether oxygens (including phenoxy) is 2. The zero-order chi connectivity index (χ0) is 18.8. The topological polar surface area (TPSA) is 38.2 Å². The highest BCUT2D eigenvalue weighted by molar-refractivity contribution is 7.80. The van der Waals surface area contributed by atoms with Crippen LogP contribution in [0.25, 0.3) is 0 Å². The summed E-state index contributed by atoms with van der Waals surface area (Å²) in [5.74, 6) is 0.346. The highest BCUT2D eigenvalue weighted by Gasteiger charge is 2.23. The predicted octanol–water partition coefficient (Wildman–Crippen LogP) is 1.79. The molecular formula is C19H20F2N3O2S+. The van der Waals surface area contributed by atoms with Crippen LogP contribution < -0.4 is 19.7 Å². The molecule has 0 bridgehead atoms. The molecule has 142 valence electrons. The van der Waals surface area contributed by atoms with Crippen LogP contribution in [0.4, 0.5) is 14.5 Å². The second-order valence-electron chi connectivity index (χ2n) is 6.69. The number of halogens is 2. The highest BCUT2D eigenvalue weighted by Crippen LogP contribution is 2.32. The number of benzene rings is 2. The molecule has 4 rings (SSSR count). The summed E-state index contributed by atoms with van der Waals surface area (Å²) in [6.07, 6.45) is 0. The van der Waals surface area contributed by atoms with Gasteiger partial charge in [-0.05, 0) is 42.5 Å². The van der Waals surface area contributed by atoms with Crippen LogP contribution in [0.5, 0.6) is 11.5 Å². The molecule has 5 nitrogen and oxygen atoms in total. The van der Waals surface area contributed by atoms with Crippen molar-refractivity contribution >= 4 is 23.0 Å². The van der Waals surface area contributed by atoms with E-state index in [2.05, 4.69) is 11.4 Å². The lowest BCUT2D eigenvalue weighted by Gasteiger charge is -2.34. The zero-order valence-electron chi connectivity index (χ0n) is 14.6. The second-order valence-corrected chi connectivity index (χ2v) is 7.08. The molecule has 8 heteroatoms. The first-order chi connectivity index (χ1) is 13.1. The maximum atomic E-state index is 13.3. The average Bonchev–Trinajstić information content (AvgIpc) is 3.09. The van der Waals surface area contributed by atoms with Gasteiger partial charge in [-0.25, -0.2) is 8.78 Å². The molecule has 2 aliphatic rings. The van der Waals surface area contributed by atoms with Gasteiger partial charge in [0.2, 0.25) is 6.79 Å². The summed E-state index contributed by atoms with van der Waals surface area (Å²) in [5.41, 5.74) is 1.53. The number of rotatable bonds is 3. The average molecular weight is 392 g/mol. The molecule has 2 aromatic carbocycles. The van der Waals surface area contributed by atoms with Gasteiger partial charge in [0.05, 0.1) is 26.2 Å². The van der Waals surface area contributed by atoms with Crippen LogP contribution in [-0.2, 0) is 6.54 Å². The summed E-state index contributed by atoms with van der Waals surface area (Å²) in [5, 5.41) is 3.41. The summed E-state index contributed by atoms with van der Waals surface area (Å²) >= 11 is 5.40. The third-order valence-corrected chi connectivity index (χ3v) is 5.12. The van der Waals surface area contributed by atoms with Gasteiger partial charge in [0.25, 0.3) is 0 Å². The van der Waals surface area contributed by atoms with Gasteiger partial charge in [0.15, 0.2) is 16.6 Å².